The lowest BCUT2D eigenvalue weighted by molar-refractivity contribution is 0.0731. The Balaban J connectivity index is 2.72. The maximum Gasteiger partial charge on any atom is 0.284 e. The van der Waals surface area contributed by atoms with Crippen LogP contribution in [0, 0.1) is 0 Å². The normalized spacial score (nSPS) is 10.2. The topological polar surface area (TPSA) is 66.3 Å². The van der Waals surface area contributed by atoms with Crippen LogP contribution in [0.2, 0.25) is 4.47 Å². The first-order valence-electron chi connectivity index (χ1n) is 4.08. The number of aliphatic hydroxyl groups is 1. The third-order valence-corrected chi connectivity index (χ3v) is 2.63. The maximum atomic E-state index is 11.6. The summed E-state index contributed by atoms with van der Waals surface area (Å²) < 4.78 is 0.244. The Labute approximate surface area is 90.3 Å². The summed E-state index contributed by atoms with van der Waals surface area (Å²) in [4.78, 5) is 13.1. The van der Waals surface area contributed by atoms with Crippen molar-refractivity contribution < 1.29 is 9.90 Å². The van der Waals surface area contributed by atoms with E-state index in [1.165, 1.54) is 4.90 Å². The molecule has 0 spiro atoms. The van der Waals surface area contributed by atoms with Crippen molar-refractivity contribution in [2.75, 3.05) is 19.7 Å². The van der Waals surface area contributed by atoms with Gasteiger partial charge in [0.05, 0.1) is 6.61 Å². The molecule has 0 bridgehead atoms. The molecule has 1 amide bonds. The van der Waals surface area contributed by atoms with Crippen LogP contribution in [0.4, 0.5) is 0 Å². The van der Waals surface area contributed by atoms with E-state index in [9.17, 15) is 4.79 Å². The van der Waals surface area contributed by atoms with Crippen molar-refractivity contribution in [3.63, 3.8) is 0 Å². The van der Waals surface area contributed by atoms with Gasteiger partial charge in [-0.2, -0.15) is 0 Å². The van der Waals surface area contributed by atoms with E-state index in [2.05, 4.69) is 10.2 Å². The Morgan fingerprint density at radius 2 is 2.36 bits per heavy atom. The van der Waals surface area contributed by atoms with Crippen molar-refractivity contribution in [2.24, 2.45) is 0 Å². The number of halogens is 1. The Kier molecular flexibility index (Phi) is 4.24. The molecule has 1 aromatic heterocycles. The number of hydrogen-bond acceptors (Lipinski definition) is 5. The predicted octanol–water partition coefficient (Wildman–Crippen LogP) is 0.646. The van der Waals surface area contributed by atoms with Crippen LogP contribution in [-0.2, 0) is 0 Å². The van der Waals surface area contributed by atoms with Crippen LogP contribution in [0.1, 0.15) is 16.7 Å². The number of rotatable bonds is 4. The Morgan fingerprint density at radius 1 is 1.64 bits per heavy atom. The molecule has 14 heavy (non-hydrogen) atoms. The highest BCUT2D eigenvalue weighted by Gasteiger charge is 2.17. The summed E-state index contributed by atoms with van der Waals surface area (Å²) >= 11 is 6.59. The highest BCUT2D eigenvalue weighted by atomic mass is 35.5. The molecule has 1 heterocycles. The molecule has 0 aliphatic carbocycles. The summed E-state index contributed by atoms with van der Waals surface area (Å²) in [5.41, 5.74) is 0. The van der Waals surface area contributed by atoms with Crippen LogP contribution < -0.4 is 0 Å². The lowest BCUT2D eigenvalue weighted by Gasteiger charge is -2.17. The van der Waals surface area contributed by atoms with Gasteiger partial charge in [-0.1, -0.05) is 11.3 Å². The van der Waals surface area contributed by atoms with Crippen molar-refractivity contribution in [2.45, 2.75) is 6.92 Å². The van der Waals surface area contributed by atoms with Gasteiger partial charge in [-0.3, -0.25) is 4.79 Å². The van der Waals surface area contributed by atoms with Crippen molar-refractivity contribution in [3.05, 3.63) is 9.47 Å². The van der Waals surface area contributed by atoms with Gasteiger partial charge in [-0.25, -0.2) is 0 Å². The number of amides is 1. The number of carbonyl (C=O) groups is 1. The summed E-state index contributed by atoms with van der Waals surface area (Å²) in [6.45, 7) is 2.59. The number of aromatic nitrogens is 2. The largest absolute Gasteiger partial charge is 0.395 e. The minimum atomic E-state index is -0.244. The number of nitrogens with zero attached hydrogens (tertiary/aromatic N) is 3. The van der Waals surface area contributed by atoms with E-state index in [0.29, 0.717) is 13.1 Å². The average molecular weight is 236 g/mol. The van der Waals surface area contributed by atoms with Crippen LogP contribution in [0.15, 0.2) is 0 Å². The minimum Gasteiger partial charge on any atom is -0.395 e. The molecular weight excluding hydrogens is 226 g/mol. The van der Waals surface area contributed by atoms with Gasteiger partial charge in [0, 0.05) is 13.1 Å². The first-order chi connectivity index (χ1) is 6.69. The molecule has 1 N–H and O–H groups in total. The third kappa shape index (κ3) is 2.63. The van der Waals surface area contributed by atoms with E-state index in [1.54, 1.807) is 0 Å². The zero-order valence-electron chi connectivity index (χ0n) is 7.60. The van der Waals surface area contributed by atoms with E-state index < -0.39 is 0 Å². The highest BCUT2D eigenvalue weighted by Crippen LogP contribution is 2.16. The number of carbonyl (C=O) groups excluding carboxylic acids is 1. The zero-order chi connectivity index (χ0) is 10.6. The molecule has 1 aromatic rings. The summed E-state index contributed by atoms with van der Waals surface area (Å²) in [5, 5.41) is 16.1. The fourth-order valence-electron chi connectivity index (χ4n) is 0.951. The fraction of sp³-hybridized carbons (Fsp3) is 0.571. The Bertz CT molecular complexity index is 318. The summed E-state index contributed by atoms with van der Waals surface area (Å²) in [5.74, 6) is -0.244. The molecule has 78 valence electrons. The van der Waals surface area contributed by atoms with Gasteiger partial charge in [0.15, 0.2) is 0 Å². The van der Waals surface area contributed by atoms with Gasteiger partial charge < -0.3 is 10.0 Å². The third-order valence-electron chi connectivity index (χ3n) is 1.62. The van der Waals surface area contributed by atoms with Crippen LogP contribution in [-0.4, -0.2) is 45.8 Å². The molecule has 0 aliphatic heterocycles. The number of hydrogen-bond donors (Lipinski definition) is 1. The quantitative estimate of drug-likeness (QED) is 0.832. The van der Waals surface area contributed by atoms with Gasteiger partial charge in [0.1, 0.15) is 0 Å². The first-order valence-corrected chi connectivity index (χ1v) is 5.27. The lowest BCUT2D eigenvalue weighted by atomic mass is 10.4. The standard InChI is InChI=1S/C7H10ClN3O2S/c1-2-11(3-4-12)6(13)5-9-10-7(8)14-5/h12H,2-4H2,1H3. The molecule has 7 heteroatoms. The minimum absolute atomic E-state index is 0.0634. The molecule has 1 rings (SSSR count). The molecule has 0 aliphatic rings. The Hall–Kier alpha value is -0.720. The fourth-order valence-corrected chi connectivity index (χ4v) is 1.75. The summed E-state index contributed by atoms with van der Waals surface area (Å²) in [6.07, 6.45) is 0. The second kappa shape index (κ2) is 5.23. The van der Waals surface area contributed by atoms with Gasteiger partial charge in [0.2, 0.25) is 9.47 Å². The van der Waals surface area contributed by atoms with Crippen LogP contribution in [0.25, 0.3) is 0 Å². The highest BCUT2D eigenvalue weighted by molar-refractivity contribution is 7.17. The van der Waals surface area contributed by atoms with Crippen molar-refractivity contribution in [1.82, 2.24) is 15.1 Å². The van der Waals surface area contributed by atoms with Gasteiger partial charge >= 0.3 is 0 Å². The van der Waals surface area contributed by atoms with Crippen LogP contribution in [0.5, 0.6) is 0 Å². The molecule has 5 nitrogen and oxygen atoms in total. The number of aliphatic hydroxyl groups excluding tert-OH is 1. The molecule has 0 saturated carbocycles. The van der Waals surface area contributed by atoms with Crippen LogP contribution in [0.3, 0.4) is 0 Å². The summed E-state index contributed by atoms with van der Waals surface area (Å²) in [6, 6.07) is 0. The van der Waals surface area contributed by atoms with E-state index in [0.717, 1.165) is 11.3 Å². The summed E-state index contributed by atoms with van der Waals surface area (Å²) in [7, 11) is 0. The second-order valence-electron chi connectivity index (χ2n) is 2.47. The van der Waals surface area contributed by atoms with Gasteiger partial charge in [-0.05, 0) is 18.5 Å². The van der Waals surface area contributed by atoms with E-state index in [4.69, 9.17) is 16.7 Å². The van der Waals surface area contributed by atoms with Crippen molar-refractivity contribution in [1.29, 1.82) is 0 Å². The molecule has 0 atom stereocenters. The molecule has 0 unspecified atom stereocenters. The smallest absolute Gasteiger partial charge is 0.284 e. The zero-order valence-corrected chi connectivity index (χ0v) is 9.18. The second-order valence-corrected chi connectivity index (χ2v) is 4.03. The van der Waals surface area contributed by atoms with Gasteiger partial charge in [-0.15, -0.1) is 10.2 Å². The van der Waals surface area contributed by atoms with Crippen LogP contribution >= 0.6 is 22.9 Å². The van der Waals surface area contributed by atoms with Crippen molar-refractivity contribution in [3.8, 4) is 0 Å². The maximum absolute atomic E-state index is 11.6. The van der Waals surface area contributed by atoms with Crippen molar-refractivity contribution >= 4 is 28.8 Å². The predicted molar refractivity (Wildman–Crippen MR) is 53.6 cm³/mol. The van der Waals surface area contributed by atoms with E-state index in [-0.39, 0.29) is 22.0 Å². The molecular formula is C7H10ClN3O2S. The van der Waals surface area contributed by atoms with E-state index >= 15 is 0 Å². The number of likely N-dealkylation sites (N-methyl/N-ethyl adjacent to an activating group) is 1. The molecule has 0 aromatic carbocycles. The molecule has 0 radical (unpaired) electrons. The average Bonchev–Trinajstić information content (AvgIpc) is 2.60. The first kappa shape index (κ1) is 11.4. The SMILES string of the molecule is CCN(CCO)C(=O)c1nnc(Cl)s1. The van der Waals surface area contributed by atoms with Gasteiger partial charge in [0.25, 0.3) is 5.91 Å². The Morgan fingerprint density at radius 3 is 2.79 bits per heavy atom. The lowest BCUT2D eigenvalue weighted by Crippen LogP contribution is -2.33. The monoisotopic (exact) mass is 235 g/mol. The molecule has 0 fully saturated rings. The van der Waals surface area contributed by atoms with E-state index in [1.807, 2.05) is 6.92 Å². The molecule has 0 saturated heterocycles.